The molecule has 0 saturated carbocycles. The summed E-state index contributed by atoms with van der Waals surface area (Å²) in [5.74, 6) is -1.67. The Bertz CT molecular complexity index is 1060. The molecule has 0 aliphatic rings. The van der Waals surface area contributed by atoms with Crippen LogP contribution in [-0.2, 0) is 36.8 Å². The van der Waals surface area contributed by atoms with Gasteiger partial charge in [-0.2, -0.15) is 4.89 Å². The summed E-state index contributed by atoms with van der Waals surface area (Å²) in [4.78, 5) is 35.2. The van der Waals surface area contributed by atoms with Gasteiger partial charge in [0.1, 0.15) is 13.2 Å². The van der Waals surface area contributed by atoms with Crippen LogP contribution in [0.15, 0.2) is 91.0 Å². The predicted molar refractivity (Wildman–Crippen MR) is 129 cm³/mol. The lowest BCUT2D eigenvalue weighted by Crippen LogP contribution is -2.21. The third kappa shape index (κ3) is 8.22. The molecule has 3 rings (SSSR count). The van der Waals surface area contributed by atoms with Crippen molar-refractivity contribution in [3.05, 3.63) is 108 Å². The molecule has 6 nitrogen and oxygen atoms in total. The highest BCUT2D eigenvalue weighted by Gasteiger charge is 2.37. The molecule has 0 aromatic heterocycles. The maximum absolute atomic E-state index is 12.9. The molecule has 0 spiro atoms. The van der Waals surface area contributed by atoms with Crippen LogP contribution in [0.1, 0.15) is 41.6 Å². The molecule has 0 saturated heterocycles. The smallest absolute Gasteiger partial charge is 0.461 e. The largest absolute Gasteiger partial charge is 0.513 e. The molecular weight excluding hydrogens is 451 g/mol. The number of rotatable bonds is 12. The van der Waals surface area contributed by atoms with Crippen molar-refractivity contribution in [2.45, 2.75) is 38.1 Å². The van der Waals surface area contributed by atoms with Crippen molar-refractivity contribution < 1.29 is 28.5 Å². The quantitative estimate of drug-likeness (QED) is 0.263. The molecular formula is C27H28O6P+. The van der Waals surface area contributed by atoms with Crippen LogP contribution in [0, 0.1) is 5.92 Å². The molecule has 0 aliphatic carbocycles. The zero-order valence-corrected chi connectivity index (χ0v) is 19.7. The van der Waals surface area contributed by atoms with E-state index < -0.39 is 31.5 Å². The topological polar surface area (TPSA) is 89.9 Å². The minimum absolute atomic E-state index is 0.00165. The maximum Gasteiger partial charge on any atom is 0.513 e. The second-order valence-corrected chi connectivity index (χ2v) is 9.17. The Kier molecular flexibility index (Phi) is 9.96. The van der Waals surface area contributed by atoms with E-state index in [9.17, 15) is 19.0 Å². The van der Waals surface area contributed by atoms with Crippen molar-refractivity contribution in [1.82, 2.24) is 0 Å². The van der Waals surface area contributed by atoms with Gasteiger partial charge in [0.2, 0.25) is 5.66 Å². The summed E-state index contributed by atoms with van der Waals surface area (Å²) in [7, 11) is -2.59. The first-order valence-electron chi connectivity index (χ1n) is 11.1. The van der Waals surface area contributed by atoms with E-state index in [0.29, 0.717) is 5.56 Å². The summed E-state index contributed by atoms with van der Waals surface area (Å²) < 4.78 is 23.0. The second-order valence-electron chi connectivity index (χ2n) is 7.94. The highest BCUT2D eigenvalue weighted by atomic mass is 31.1. The standard InChI is InChI=1S/C27H27O6P/c28-26(32-19-21-10-4-1-5-11-21)17-16-24(27(29)33-20-22-12-6-2-7-13-22)18-25(34(30)31)23-14-8-3-9-15-23/h1-15,24-25H,16-20H2/p+1. The van der Waals surface area contributed by atoms with Crippen molar-refractivity contribution in [1.29, 1.82) is 0 Å². The number of carbonyl (C=O) groups is 2. The van der Waals surface area contributed by atoms with Crippen LogP contribution in [0.2, 0.25) is 0 Å². The van der Waals surface area contributed by atoms with Crippen molar-refractivity contribution in [2.75, 3.05) is 0 Å². The molecule has 3 atom stereocenters. The molecule has 0 bridgehead atoms. The summed E-state index contributed by atoms with van der Waals surface area (Å²) in [5.41, 5.74) is 1.63. The van der Waals surface area contributed by atoms with Gasteiger partial charge in [-0.3, -0.25) is 9.59 Å². The molecule has 7 heteroatoms. The Labute approximate surface area is 200 Å². The zero-order chi connectivity index (χ0) is 24.2. The Hall–Kier alpha value is -3.34. The minimum atomic E-state index is -2.59. The van der Waals surface area contributed by atoms with E-state index in [1.165, 1.54) is 0 Å². The van der Waals surface area contributed by atoms with Crippen LogP contribution < -0.4 is 0 Å². The van der Waals surface area contributed by atoms with Crippen LogP contribution in [0.3, 0.4) is 0 Å². The summed E-state index contributed by atoms with van der Waals surface area (Å²) >= 11 is 0. The Balaban J connectivity index is 1.65. The second kappa shape index (κ2) is 13.4. The molecule has 1 N–H and O–H groups in total. The van der Waals surface area contributed by atoms with Crippen LogP contribution >= 0.6 is 8.03 Å². The minimum Gasteiger partial charge on any atom is -0.461 e. The number of hydrogen-bond donors (Lipinski definition) is 1. The van der Waals surface area contributed by atoms with Crippen LogP contribution in [0.4, 0.5) is 0 Å². The Morgan fingerprint density at radius 3 is 1.79 bits per heavy atom. The highest BCUT2D eigenvalue weighted by molar-refractivity contribution is 7.38. The van der Waals surface area contributed by atoms with Gasteiger partial charge in [0.15, 0.2) is 0 Å². The molecule has 34 heavy (non-hydrogen) atoms. The normalized spacial score (nSPS) is 12.9. The molecule has 3 aromatic carbocycles. The third-order valence-corrected chi connectivity index (χ3v) is 6.50. The van der Waals surface area contributed by atoms with Gasteiger partial charge < -0.3 is 9.47 Å². The van der Waals surface area contributed by atoms with Gasteiger partial charge in [0.05, 0.1) is 5.92 Å². The van der Waals surface area contributed by atoms with Gasteiger partial charge in [0, 0.05) is 18.4 Å². The van der Waals surface area contributed by atoms with E-state index in [-0.39, 0.29) is 32.5 Å². The number of benzene rings is 3. The van der Waals surface area contributed by atoms with Crippen molar-refractivity contribution >= 4 is 20.0 Å². The van der Waals surface area contributed by atoms with Gasteiger partial charge in [-0.25, -0.2) is 0 Å². The summed E-state index contributed by atoms with van der Waals surface area (Å²) in [6, 6.07) is 27.5. The van der Waals surface area contributed by atoms with Gasteiger partial charge in [-0.15, -0.1) is 0 Å². The van der Waals surface area contributed by atoms with E-state index in [0.717, 1.165) is 11.1 Å². The molecule has 0 amide bonds. The van der Waals surface area contributed by atoms with Gasteiger partial charge in [0.25, 0.3) is 0 Å². The first kappa shape index (κ1) is 25.3. The first-order valence-corrected chi connectivity index (χ1v) is 12.4. The molecule has 0 fully saturated rings. The monoisotopic (exact) mass is 479 g/mol. The number of carbonyl (C=O) groups excluding carboxylic acids is 2. The van der Waals surface area contributed by atoms with Gasteiger partial charge >= 0.3 is 20.0 Å². The highest BCUT2D eigenvalue weighted by Crippen LogP contribution is 2.43. The lowest BCUT2D eigenvalue weighted by atomic mass is 9.94. The predicted octanol–water partition coefficient (Wildman–Crippen LogP) is 5.74. The average Bonchev–Trinajstić information content (AvgIpc) is 2.87. The molecule has 3 aromatic rings. The van der Waals surface area contributed by atoms with Crippen LogP contribution in [0.5, 0.6) is 0 Å². The van der Waals surface area contributed by atoms with Gasteiger partial charge in [-0.1, -0.05) is 91.0 Å². The Morgan fingerprint density at radius 2 is 1.26 bits per heavy atom. The lowest BCUT2D eigenvalue weighted by Gasteiger charge is -2.17. The fourth-order valence-electron chi connectivity index (χ4n) is 3.58. The van der Waals surface area contributed by atoms with E-state index in [1.807, 2.05) is 66.7 Å². The molecule has 0 aliphatic heterocycles. The summed E-state index contributed by atoms with van der Waals surface area (Å²) in [6.07, 6.45) is 0.255. The van der Waals surface area contributed by atoms with Gasteiger partial charge in [-0.05, 0) is 22.1 Å². The summed E-state index contributed by atoms with van der Waals surface area (Å²) in [6.45, 7) is 0.244. The number of ether oxygens (including phenoxy) is 2. The fraction of sp³-hybridized carbons (Fsp3) is 0.259. The van der Waals surface area contributed by atoms with E-state index in [2.05, 4.69) is 0 Å². The van der Waals surface area contributed by atoms with Crippen molar-refractivity contribution in [3.63, 3.8) is 0 Å². The van der Waals surface area contributed by atoms with Crippen molar-refractivity contribution in [2.24, 2.45) is 5.92 Å². The average molecular weight is 479 g/mol. The first-order chi connectivity index (χ1) is 16.5. The maximum atomic E-state index is 12.9. The fourth-order valence-corrected chi connectivity index (χ4v) is 4.44. The van der Waals surface area contributed by atoms with E-state index in [4.69, 9.17) is 9.47 Å². The summed E-state index contributed by atoms with van der Waals surface area (Å²) in [5, 5.41) is 0. The molecule has 0 radical (unpaired) electrons. The lowest BCUT2D eigenvalue weighted by molar-refractivity contribution is -0.151. The van der Waals surface area contributed by atoms with E-state index >= 15 is 0 Å². The number of esters is 2. The van der Waals surface area contributed by atoms with Crippen LogP contribution in [0.25, 0.3) is 0 Å². The molecule has 3 unspecified atom stereocenters. The number of hydrogen-bond acceptors (Lipinski definition) is 5. The molecule has 0 heterocycles. The van der Waals surface area contributed by atoms with Crippen LogP contribution in [-0.4, -0.2) is 16.8 Å². The third-order valence-electron chi connectivity index (χ3n) is 5.46. The SMILES string of the molecule is O=C(CCC(CC(c1ccccc1)[P+](=O)O)C(=O)OCc1ccccc1)OCc1ccccc1. The van der Waals surface area contributed by atoms with Crippen molar-refractivity contribution in [3.8, 4) is 0 Å². The van der Waals surface area contributed by atoms with E-state index in [1.54, 1.807) is 24.3 Å². The molecule has 176 valence electrons. The zero-order valence-electron chi connectivity index (χ0n) is 18.8. The Morgan fingerprint density at radius 1 is 0.765 bits per heavy atom.